The van der Waals surface area contributed by atoms with Crippen molar-refractivity contribution >= 4 is 22.7 Å². The lowest BCUT2D eigenvalue weighted by Crippen LogP contribution is -2.14. The molecule has 7 heteroatoms. The van der Waals surface area contributed by atoms with Gasteiger partial charge in [0, 0.05) is 16.5 Å². The molecule has 0 radical (unpaired) electrons. The van der Waals surface area contributed by atoms with E-state index in [1.807, 2.05) is 0 Å². The summed E-state index contributed by atoms with van der Waals surface area (Å²) < 4.78 is 26.2. The number of fused-ring (bicyclic) bond motifs is 2. The minimum absolute atomic E-state index is 0.0648. The third kappa shape index (κ3) is 2.44. The summed E-state index contributed by atoms with van der Waals surface area (Å²) in [6.45, 7) is 4.17. The summed E-state index contributed by atoms with van der Waals surface area (Å²) in [7, 11) is 0. The maximum absolute atomic E-state index is 14.0. The summed E-state index contributed by atoms with van der Waals surface area (Å²) in [5, 5.41) is 14.0. The van der Waals surface area contributed by atoms with Crippen LogP contribution in [0.3, 0.4) is 0 Å². The molecule has 1 N–H and O–H groups in total. The van der Waals surface area contributed by atoms with Crippen molar-refractivity contribution in [2.24, 2.45) is 5.18 Å². The Morgan fingerprint density at radius 1 is 1.38 bits per heavy atom. The summed E-state index contributed by atoms with van der Waals surface area (Å²) in [6.07, 6.45) is 1.59. The number of rotatable bonds is 4. The van der Waals surface area contributed by atoms with Gasteiger partial charge in [0.05, 0.1) is 18.7 Å². The maximum Gasteiger partial charge on any atom is 0.222 e. The molecular weight excluding hydrogens is 339 g/mol. The van der Waals surface area contributed by atoms with Gasteiger partial charge in [0.15, 0.2) is 12.5 Å². The van der Waals surface area contributed by atoms with E-state index in [0.717, 1.165) is 0 Å². The minimum atomic E-state index is -0.427. The summed E-state index contributed by atoms with van der Waals surface area (Å²) in [6, 6.07) is 8.03. The molecule has 1 aliphatic heterocycles. The molecule has 132 valence electrons. The van der Waals surface area contributed by atoms with Gasteiger partial charge in [-0.05, 0) is 28.9 Å². The van der Waals surface area contributed by atoms with E-state index in [-0.39, 0.29) is 31.5 Å². The van der Waals surface area contributed by atoms with Crippen molar-refractivity contribution in [2.75, 3.05) is 6.79 Å². The third-order valence-corrected chi connectivity index (χ3v) is 4.46. The van der Waals surface area contributed by atoms with Gasteiger partial charge in [-0.3, -0.25) is 0 Å². The van der Waals surface area contributed by atoms with Gasteiger partial charge in [0.25, 0.3) is 0 Å². The van der Waals surface area contributed by atoms with Gasteiger partial charge >= 0.3 is 0 Å². The first-order chi connectivity index (χ1) is 12.6. The topological polar surface area (TPSA) is 73.0 Å². The molecule has 26 heavy (non-hydrogen) atoms. The highest BCUT2D eigenvalue weighted by Crippen LogP contribution is 2.42. The van der Waals surface area contributed by atoms with Crippen LogP contribution >= 0.6 is 0 Å². The van der Waals surface area contributed by atoms with Crippen molar-refractivity contribution in [1.29, 1.82) is 0 Å². The van der Waals surface area contributed by atoms with E-state index in [2.05, 4.69) is 11.8 Å². The first kappa shape index (κ1) is 16.3. The molecule has 2 heterocycles. The number of benzene rings is 2. The van der Waals surface area contributed by atoms with Crippen molar-refractivity contribution in [3.63, 3.8) is 0 Å². The summed E-state index contributed by atoms with van der Waals surface area (Å²) >= 11 is 0. The van der Waals surface area contributed by atoms with Gasteiger partial charge in [0.2, 0.25) is 5.88 Å². The number of aromatic nitrogens is 1. The average molecular weight is 354 g/mol. The fraction of sp³-hybridized carbons (Fsp3) is 0.158. The number of ether oxygens (including phenoxy) is 2. The zero-order valence-corrected chi connectivity index (χ0v) is 13.7. The molecule has 0 aliphatic carbocycles. The quantitative estimate of drug-likeness (QED) is 0.703. The fourth-order valence-electron chi connectivity index (χ4n) is 3.36. The second-order valence-electron chi connectivity index (χ2n) is 5.96. The predicted octanol–water partition coefficient (Wildman–Crippen LogP) is 4.44. The van der Waals surface area contributed by atoms with E-state index >= 15 is 0 Å². The Morgan fingerprint density at radius 2 is 2.23 bits per heavy atom. The predicted molar refractivity (Wildman–Crippen MR) is 94.9 cm³/mol. The highest BCUT2D eigenvalue weighted by Gasteiger charge is 2.23. The molecule has 1 aliphatic rings. The first-order valence-corrected chi connectivity index (χ1v) is 7.96. The molecule has 2 aromatic carbocycles. The fourth-order valence-corrected chi connectivity index (χ4v) is 3.36. The number of hydrogen-bond donors (Lipinski definition) is 1. The molecule has 4 rings (SSSR count). The number of nitroso groups, excluding NO2 is 1. The lowest BCUT2D eigenvalue weighted by molar-refractivity contribution is -0.0173. The molecule has 0 unspecified atom stereocenters. The molecular formula is C19H15FN2O4. The van der Waals surface area contributed by atoms with E-state index in [1.165, 1.54) is 16.7 Å². The van der Waals surface area contributed by atoms with Crippen LogP contribution in [0, 0.1) is 10.7 Å². The Morgan fingerprint density at radius 3 is 3.00 bits per heavy atom. The molecule has 6 nitrogen and oxygen atoms in total. The lowest BCUT2D eigenvalue weighted by atomic mass is 10.1. The van der Waals surface area contributed by atoms with Gasteiger partial charge in [-0.2, -0.15) is 0 Å². The molecule has 0 saturated carbocycles. The monoisotopic (exact) mass is 354 g/mol. The summed E-state index contributed by atoms with van der Waals surface area (Å²) in [4.78, 5) is 11.3. The highest BCUT2D eigenvalue weighted by molar-refractivity contribution is 6.01. The van der Waals surface area contributed by atoms with Gasteiger partial charge in [0.1, 0.15) is 11.6 Å². The smallest absolute Gasteiger partial charge is 0.222 e. The highest BCUT2D eigenvalue weighted by atomic mass is 19.1. The van der Waals surface area contributed by atoms with E-state index in [1.54, 1.807) is 24.3 Å². The normalized spacial score (nSPS) is 13.3. The van der Waals surface area contributed by atoms with Gasteiger partial charge in [-0.15, -0.1) is 4.91 Å². The lowest BCUT2D eigenvalue weighted by Gasteiger charge is -2.21. The van der Waals surface area contributed by atoms with E-state index in [4.69, 9.17) is 9.47 Å². The van der Waals surface area contributed by atoms with Crippen LogP contribution in [-0.4, -0.2) is 16.5 Å². The number of aromatic hydroxyl groups is 1. The SMILES string of the molecule is C=Cc1cccc2c1c(N=O)c(O)n2Cc1cc(F)cc2c1OCOC2. The van der Waals surface area contributed by atoms with Crippen molar-refractivity contribution < 1.29 is 19.0 Å². The van der Waals surface area contributed by atoms with Crippen molar-refractivity contribution in [2.45, 2.75) is 13.2 Å². The van der Waals surface area contributed by atoms with Crippen LogP contribution in [0.5, 0.6) is 11.6 Å². The zero-order valence-electron chi connectivity index (χ0n) is 13.7. The second kappa shape index (κ2) is 6.27. The molecule has 0 atom stereocenters. The average Bonchev–Trinajstić information content (AvgIpc) is 2.93. The standard InChI is InChI=1S/C19H15FN2O4/c1-2-11-4-3-5-15-16(11)17(21-24)19(23)22(15)8-12-6-14(20)7-13-9-25-10-26-18(12)13/h2-7,23H,1,8-10H2. The largest absolute Gasteiger partial charge is 0.493 e. The summed E-state index contributed by atoms with van der Waals surface area (Å²) in [5.74, 6) is -0.182. The van der Waals surface area contributed by atoms with Crippen LogP contribution in [0.15, 0.2) is 42.1 Å². The van der Waals surface area contributed by atoms with Crippen LogP contribution in [0.2, 0.25) is 0 Å². The van der Waals surface area contributed by atoms with Gasteiger partial charge < -0.3 is 19.1 Å². The van der Waals surface area contributed by atoms with E-state index in [9.17, 15) is 14.4 Å². The van der Waals surface area contributed by atoms with E-state index in [0.29, 0.717) is 33.3 Å². The van der Waals surface area contributed by atoms with Crippen LogP contribution < -0.4 is 4.74 Å². The molecule has 0 fully saturated rings. The molecule has 0 amide bonds. The van der Waals surface area contributed by atoms with Gasteiger partial charge in [-0.25, -0.2) is 4.39 Å². The maximum atomic E-state index is 14.0. The van der Waals surface area contributed by atoms with Crippen LogP contribution in [0.4, 0.5) is 10.1 Å². The number of nitrogens with zero attached hydrogens (tertiary/aromatic N) is 2. The van der Waals surface area contributed by atoms with Crippen molar-refractivity contribution in [3.8, 4) is 11.6 Å². The zero-order chi connectivity index (χ0) is 18.3. The molecule has 3 aromatic rings. The van der Waals surface area contributed by atoms with Crippen molar-refractivity contribution in [3.05, 3.63) is 64.3 Å². The van der Waals surface area contributed by atoms with Crippen molar-refractivity contribution in [1.82, 2.24) is 4.57 Å². The molecule has 0 saturated heterocycles. The van der Waals surface area contributed by atoms with Crippen LogP contribution in [0.1, 0.15) is 16.7 Å². The Hall–Kier alpha value is -3.19. The van der Waals surface area contributed by atoms with Gasteiger partial charge in [-0.1, -0.05) is 24.8 Å². The van der Waals surface area contributed by atoms with Crippen LogP contribution in [-0.2, 0) is 17.9 Å². The molecule has 0 bridgehead atoms. The second-order valence-corrected chi connectivity index (χ2v) is 5.96. The Labute approximate surface area is 148 Å². The number of hydrogen-bond acceptors (Lipinski definition) is 5. The first-order valence-electron chi connectivity index (χ1n) is 7.96. The minimum Gasteiger partial charge on any atom is -0.493 e. The van der Waals surface area contributed by atoms with Crippen LogP contribution in [0.25, 0.3) is 17.0 Å². The number of halogens is 1. The summed E-state index contributed by atoms with van der Waals surface area (Å²) in [5.41, 5.74) is 2.35. The Kier molecular flexibility index (Phi) is 3.93. The third-order valence-electron chi connectivity index (χ3n) is 4.46. The van der Waals surface area contributed by atoms with E-state index < -0.39 is 5.82 Å². The Bertz CT molecular complexity index is 1040. The molecule has 0 spiro atoms. The Balaban J connectivity index is 1.92. The molecule has 1 aromatic heterocycles.